The average molecular weight is 477 g/mol. The molecule has 4 N–H and O–H groups in total. The Kier molecular flexibility index (Phi) is 6.19. The second-order valence-corrected chi connectivity index (χ2v) is 9.34. The second kappa shape index (κ2) is 9.42. The summed E-state index contributed by atoms with van der Waals surface area (Å²) in [6.07, 6.45) is -2.64. The number of hydrogen-bond donors (Lipinski definition) is 4. The molecule has 0 saturated carbocycles. The zero-order valence-electron chi connectivity index (χ0n) is 18.2. The van der Waals surface area contributed by atoms with Crippen LogP contribution in [0.2, 0.25) is 0 Å². The first kappa shape index (κ1) is 22.3. The van der Waals surface area contributed by atoms with Crippen molar-refractivity contribution in [3.05, 3.63) is 93.1 Å². The molecule has 1 aliphatic carbocycles. The van der Waals surface area contributed by atoms with Gasteiger partial charge < -0.3 is 25.3 Å². The number of aliphatic hydroxyl groups excluding tert-OH is 2. The van der Waals surface area contributed by atoms with Crippen LogP contribution in [0.4, 0.5) is 4.79 Å². The van der Waals surface area contributed by atoms with Crippen LogP contribution in [0.3, 0.4) is 0 Å². The molecule has 3 aromatic carbocycles. The van der Waals surface area contributed by atoms with Crippen LogP contribution in [0, 0.1) is 0 Å². The van der Waals surface area contributed by atoms with Gasteiger partial charge in [0.1, 0.15) is 12.7 Å². The fourth-order valence-electron chi connectivity index (χ4n) is 4.50. The summed E-state index contributed by atoms with van der Waals surface area (Å²) >= 11 is 1.05. The van der Waals surface area contributed by atoms with Crippen molar-refractivity contribution < 1.29 is 19.7 Å². The standard InChI is InChI=1S/C26H24N2O5S/c29-22(24(30)15-9-10-21-23(13-15)34-26(32)28-21)11-12-27-25(31)33-14-20-18-7-3-1-5-16(18)17-6-2-4-8-19(17)20/h1-10,13,20,22,24,29-30H,11-12,14H2,(H,27,31)(H,28,32). The molecule has 0 fully saturated rings. The van der Waals surface area contributed by atoms with Gasteiger partial charge in [-0.25, -0.2) is 4.79 Å². The summed E-state index contributed by atoms with van der Waals surface area (Å²) in [5, 5.41) is 23.5. The van der Waals surface area contributed by atoms with Gasteiger partial charge in [-0.05, 0) is 46.4 Å². The van der Waals surface area contributed by atoms with E-state index in [0.717, 1.165) is 33.6 Å². The molecule has 8 heteroatoms. The lowest BCUT2D eigenvalue weighted by atomic mass is 9.98. The number of aromatic amines is 1. The predicted molar refractivity (Wildman–Crippen MR) is 131 cm³/mol. The second-order valence-electron chi connectivity index (χ2n) is 8.32. The molecule has 2 atom stereocenters. The molecule has 0 aliphatic heterocycles. The molecular formula is C26H24N2O5S. The summed E-state index contributed by atoms with van der Waals surface area (Å²) < 4.78 is 6.20. The van der Waals surface area contributed by atoms with E-state index in [4.69, 9.17) is 4.74 Å². The SMILES string of the molecule is O=C(NCCC(O)C(O)c1ccc2[nH]c(=O)sc2c1)OCC1c2ccccc2-c2ccccc21. The largest absolute Gasteiger partial charge is 0.449 e. The molecule has 1 heterocycles. The summed E-state index contributed by atoms with van der Waals surface area (Å²) in [5.74, 6) is -0.0235. The zero-order valence-corrected chi connectivity index (χ0v) is 19.0. The molecule has 4 aromatic rings. The first-order valence-corrected chi connectivity index (χ1v) is 11.9. The third kappa shape index (κ3) is 4.35. The minimum Gasteiger partial charge on any atom is -0.449 e. The molecular weight excluding hydrogens is 452 g/mol. The molecule has 2 unspecified atom stereocenters. The first-order chi connectivity index (χ1) is 16.5. The number of benzene rings is 3. The van der Waals surface area contributed by atoms with Gasteiger partial charge in [-0.3, -0.25) is 4.79 Å². The molecule has 1 amide bonds. The van der Waals surface area contributed by atoms with Crippen molar-refractivity contribution in [2.45, 2.75) is 24.5 Å². The van der Waals surface area contributed by atoms with Gasteiger partial charge >= 0.3 is 11.0 Å². The minimum absolute atomic E-state index is 0.0235. The van der Waals surface area contributed by atoms with Crippen molar-refractivity contribution in [1.29, 1.82) is 0 Å². The van der Waals surface area contributed by atoms with Gasteiger partial charge in [0, 0.05) is 12.5 Å². The van der Waals surface area contributed by atoms with Crippen LogP contribution in [0.25, 0.3) is 21.3 Å². The number of amides is 1. The highest BCUT2D eigenvalue weighted by molar-refractivity contribution is 7.16. The maximum Gasteiger partial charge on any atom is 0.407 e. The summed E-state index contributed by atoms with van der Waals surface area (Å²) in [4.78, 5) is 26.3. The summed E-state index contributed by atoms with van der Waals surface area (Å²) in [6, 6.07) is 21.3. The summed E-state index contributed by atoms with van der Waals surface area (Å²) in [7, 11) is 0. The van der Waals surface area contributed by atoms with Gasteiger partial charge in [0.15, 0.2) is 0 Å². The van der Waals surface area contributed by atoms with Gasteiger partial charge in [0.2, 0.25) is 0 Å². The Hall–Kier alpha value is -3.46. The quantitative estimate of drug-likeness (QED) is 0.323. The molecule has 34 heavy (non-hydrogen) atoms. The Morgan fingerprint density at radius 1 is 1.03 bits per heavy atom. The monoisotopic (exact) mass is 476 g/mol. The van der Waals surface area contributed by atoms with E-state index in [1.54, 1.807) is 18.2 Å². The van der Waals surface area contributed by atoms with E-state index >= 15 is 0 Å². The Morgan fingerprint density at radius 3 is 2.41 bits per heavy atom. The normalized spacial score (nSPS) is 14.4. The van der Waals surface area contributed by atoms with E-state index < -0.39 is 18.3 Å². The van der Waals surface area contributed by atoms with Crippen LogP contribution in [0.5, 0.6) is 0 Å². The minimum atomic E-state index is -1.13. The summed E-state index contributed by atoms with van der Waals surface area (Å²) in [5.41, 5.74) is 5.80. The van der Waals surface area contributed by atoms with Gasteiger partial charge in [-0.1, -0.05) is 65.9 Å². The predicted octanol–water partition coefficient (Wildman–Crippen LogP) is 3.91. The molecule has 5 rings (SSSR count). The van der Waals surface area contributed by atoms with Gasteiger partial charge in [-0.15, -0.1) is 0 Å². The number of ether oxygens (including phenoxy) is 1. The highest BCUT2D eigenvalue weighted by Gasteiger charge is 2.29. The first-order valence-electron chi connectivity index (χ1n) is 11.1. The Bertz CT molecular complexity index is 1350. The third-order valence-corrected chi connectivity index (χ3v) is 7.05. The van der Waals surface area contributed by atoms with Crippen LogP contribution in [0.1, 0.15) is 35.1 Å². The number of rotatable bonds is 7. The average Bonchev–Trinajstić information content (AvgIpc) is 3.38. The smallest absolute Gasteiger partial charge is 0.407 e. The number of nitrogens with one attached hydrogen (secondary N) is 2. The lowest BCUT2D eigenvalue weighted by Crippen LogP contribution is -2.30. The Labute approximate surface area is 199 Å². The van der Waals surface area contributed by atoms with E-state index in [1.807, 2.05) is 24.3 Å². The van der Waals surface area contributed by atoms with Crippen LogP contribution in [-0.4, -0.2) is 40.5 Å². The third-order valence-electron chi connectivity index (χ3n) is 6.20. The van der Waals surface area contributed by atoms with Gasteiger partial charge in [0.05, 0.1) is 16.3 Å². The van der Waals surface area contributed by atoms with Crippen LogP contribution < -0.4 is 10.2 Å². The van der Waals surface area contributed by atoms with E-state index in [2.05, 4.69) is 34.6 Å². The number of carbonyl (C=O) groups is 1. The van der Waals surface area contributed by atoms with E-state index in [0.29, 0.717) is 15.8 Å². The number of carbonyl (C=O) groups excluding carboxylic acids is 1. The molecule has 1 aliphatic rings. The molecule has 0 saturated heterocycles. The molecule has 7 nitrogen and oxygen atoms in total. The number of thiazole rings is 1. The van der Waals surface area contributed by atoms with Crippen LogP contribution >= 0.6 is 11.3 Å². The Morgan fingerprint density at radius 2 is 1.71 bits per heavy atom. The van der Waals surface area contributed by atoms with Crippen molar-refractivity contribution in [3.63, 3.8) is 0 Å². The lowest BCUT2D eigenvalue weighted by Gasteiger charge is -2.19. The zero-order chi connectivity index (χ0) is 23.7. The van der Waals surface area contributed by atoms with Crippen molar-refractivity contribution in [2.75, 3.05) is 13.2 Å². The van der Waals surface area contributed by atoms with E-state index in [9.17, 15) is 19.8 Å². The maximum absolute atomic E-state index is 12.3. The van der Waals surface area contributed by atoms with Crippen molar-refractivity contribution in [3.8, 4) is 11.1 Å². The number of aromatic nitrogens is 1. The number of H-pyrrole nitrogens is 1. The molecule has 1 aromatic heterocycles. The van der Waals surface area contributed by atoms with Crippen molar-refractivity contribution >= 4 is 27.6 Å². The fraction of sp³-hybridized carbons (Fsp3) is 0.231. The number of fused-ring (bicyclic) bond motifs is 4. The molecule has 0 spiro atoms. The molecule has 0 radical (unpaired) electrons. The molecule has 174 valence electrons. The fourth-order valence-corrected chi connectivity index (χ4v) is 5.28. The maximum atomic E-state index is 12.3. The topological polar surface area (TPSA) is 112 Å². The number of aliphatic hydroxyl groups is 2. The van der Waals surface area contributed by atoms with Crippen LogP contribution in [0.15, 0.2) is 71.5 Å². The van der Waals surface area contributed by atoms with Crippen molar-refractivity contribution in [1.82, 2.24) is 10.3 Å². The lowest BCUT2D eigenvalue weighted by molar-refractivity contribution is 0.0137. The highest BCUT2D eigenvalue weighted by Crippen LogP contribution is 2.44. The summed E-state index contributed by atoms with van der Waals surface area (Å²) in [6.45, 7) is 0.360. The number of hydrogen-bond acceptors (Lipinski definition) is 6. The van der Waals surface area contributed by atoms with E-state index in [1.165, 1.54) is 0 Å². The van der Waals surface area contributed by atoms with Crippen LogP contribution in [-0.2, 0) is 4.74 Å². The highest BCUT2D eigenvalue weighted by atomic mass is 32.1. The van der Waals surface area contributed by atoms with E-state index in [-0.39, 0.29) is 30.4 Å². The Balaban J connectivity index is 1.14. The number of alkyl carbamates (subject to hydrolysis) is 1. The van der Waals surface area contributed by atoms with Gasteiger partial charge in [-0.2, -0.15) is 0 Å². The molecule has 0 bridgehead atoms. The van der Waals surface area contributed by atoms with Gasteiger partial charge in [0.25, 0.3) is 0 Å². The van der Waals surface area contributed by atoms with Crippen molar-refractivity contribution in [2.24, 2.45) is 0 Å².